The van der Waals surface area contributed by atoms with Gasteiger partial charge in [0.25, 0.3) is 0 Å². The van der Waals surface area contributed by atoms with Crippen molar-refractivity contribution in [3.05, 3.63) is 88.2 Å². The van der Waals surface area contributed by atoms with Crippen LogP contribution in [-0.2, 0) is 27.7 Å². The average molecular weight is 451 g/mol. The van der Waals surface area contributed by atoms with E-state index in [1.165, 1.54) is 4.31 Å². The number of aryl methyl sites for hydroxylation is 1. The van der Waals surface area contributed by atoms with E-state index in [1.807, 2.05) is 49.4 Å². The van der Waals surface area contributed by atoms with Crippen molar-refractivity contribution >= 4 is 28.1 Å². The maximum atomic E-state index is 13.2. The number of rotatable bonds is 6. The number of H-pyrrole nitrogens is 1. The summed E-state index contributed by atoms with van der Waals surface area (Å²) in [5, 5.41) is 0. The van der Waals surface area contributed by atoms with Gasteiger partial charge in [-0.15, -0.1) is 0 Å². The lowest BCUT2D eigenvalue weighted by atomic mass is 10.0. The van der Waals surface area contributed by atoms with E-state index in [-0.39, 0.29) is 18.0 Å². The molecule has 1 aliphatic heterocycles. The number of esters is 1. The summed E-state index contributed by atoms with van der Waals surface area (Å²) in [6.07, 6.45) is 4.26. The number of nitrogens with one attached hydrogen (secondary N) is 1. The minimum Gasteiger partial charge on any atom is -0.462 e. The first-order valence-corrected chi connectivity index (χ1v) is 12.0. The van der Waals surface area contributed by atoms with Crippen molar-refractivity contribution in [2.45, 2.75) is 31.7 Å². The van der Waals surface area contributed by atoms with Crippen molar-refractivity contribution in [3.63, 3.8) is 0 Å². The van der Waals surface area contributed by atoms with Crippen LogP contribution < -0.4 is 0 Å². The van der Waals surface area contributed by atoms with Gasteiger partial charge in [-0.2, -0.15) is 4.31 Å². The van der Waals surface area contributed by atoms with Crippen molar-refractivity contribution in [1.82, 2.24) is 9.29 Å². The first-order valence-electron chi connectivity index (χ1n) is 10.6. The predicted molar refractivity (Wildman–Crippen MR) is 125 cm³/mol. The Morgan fingerprint density at radius 3 is 2.50 bits per heavy atom. The summed E-state index contributed by atoms with van der Waals surface area (Å²) in [5.41, 5.74) is 4.58. The average Bonchev–Trinajstić information content (AvgIpc) is 3.16. The quantitative estimate of drug-likeness (QED) is 0.564. The van der Waals surface area contributed by atoms with Crippen LogP contribution in [0.4, 0.5) is 0 Å². The largest absolute Gasteiger partial charge is 0.462 e. The number of hydrogen-bond donors (Lipinski definition) is 1. The van der Waals surface area contributed by atoms with Crippen LogP contribution >= 0.6 is 0 Å². The van der Waals surface area contributed by atoms with E-state index in [4.69, 9.17) is 4.74 Å². The predicted octanol–water partition coefficient (Wildman–Crippen LogP) is 4.42. The van der Waals surface area contributed by atoms with Gasteiger partial charge in [-0.05, 0) is 37.6 Å². The van der Waals surface area contributed by atoms with E-state index < -0.39 is 16.0 Å². The summed E-state index contributed by atoms with van der Waals surface area (Å²) in [6.45, 7) is 4.37. The smallest absolute Gasteiger partial charge is 0.340 e. The van der Waals surface area contributed by atoms with Gasteiger partial charge in [-0.3, -0.25) is 0 Å². The Hall–Kier alpha value is -3.16. The van der Waals surface area contributed by atoms with Crippen LogP contribution in [0.5, 0.6) is 0 Å². The van der Waals surface area contributed by atoms with E-state index in [0.29, 0.717) is 29.8 Å². The third-order valence-corrected chi connectivity index (χ3v) is 7.41. The maximum Gasteiger partial charge on any atom is 0.340 e. The van der Waals surface area contributed by atoms with Gasteiger partial charge in [0.05, 0.1) is 22.8 Å². The second kappa shape index (κ2) is 9.14. The zero-order valence-corrected chi connectivity index (χ0v) is 19.0. The number of fused-ring (bicyclic) bond motifs is 1. The van der Waals surface area contributed by atoms with Crippen molar-refractivity contribution in [2.24, 2.45) is 0 Å². The number of nitrogens with zero attached hydrogens (tertiary/aromatic N) is 1. The molecule has 3 aromatic rings. The van der Waals surface area contributed by atoms with Crippen molar-refractivity contribution < 1.29 is 17.9 Å². The topological polar surface area (TPSA) is 79.5 Å². The van der Waals surface area contributed by atoms with Crippen molar-refractivity contribution in [1.29, 1.82) is 0 Å². The SMILES string of the molecule is CCOC(=O)c1c(/C=C/c2ccccc2)[nH]c2c1CN(S(=O)(=O)c1ccc(C)cc1)CC2. The Morgan fingerprint density at radius 1 is 1.09 bits per heavy atom. The maximum absolute atomic E-state index is 13.2. The molecular formula is C25H26N2O4S. The fourth-order valence-corrected chi connectivity index (χ4v) is 5.27. The number of sulfonamides is 1. The van der Waals surface area contributed by atoms with Gasteiger partial charge in [-0.25, -0.2) is 13.2 Å². The van der Waals surface area contributed by atoms with Gasteiger partial charge in [0.1, 0.15) is 0 Å². The second-order valence-corrected chi connectivity index (χ2v) is 9.67. The lowest BCUT2D eigenvalue weighted by molar-refractivity contribution is 0.0524. The molecule has 166 valence electrons. The zero-order valence-electron chi connectivity index (χ0n) is 18.2. The Morgan fingerprint density at radius 2 is 1.81 bits per heavy atom. The molecule has 0 radical (unpaired) electrons. The molecule has 0 saturated carbocycles. The summed E-state index contributed by atoms with van der Waals surface area (Å²) in [4.78, 5) is 16.4. The molecule has 32 heavy (non-hydrogen) atoms. The molecule has 2 aromatic carbocycles. The Bertz CT molecular complexity index is 1240. The van der Waals surface area contributed by atoms with Crippen LogP contribution in [0.2, 0.25) is 0 Å². The molecule has 4 rings (SSSR count). The van der Waals surface area contributed by atoms with E-state index in [0.717, 1.165) is 16.8 Å². The number of aromatic nitrogens is 1. The lowest BCUT2D eigenvalue weighted by Gasteiger charge is -2.27. The highest BCUT2D eigenvalue weighted by Gasteiger charge is 2.33. The molecular weight excluding hydrogens is 424 g/mol. The number of carbonyl (C=O) groups excluding carboxylic acids is 1. The first kappa shape index (κ1) is 22.0. The molecule has 6 nitrogen and oxygen atoms in total. The van der Waals surface area contributed by atoms with Gasteiger partial charge in [-0.1, -0.05) is 54.1 Å². The number of hydrogen-bond acceptors (Lipinski definition) is 4. The van der Waals surface area contributed by atoms with E-state index in [9.17, 15) is 13.2 Å². The molecule has 0 saturated heterocycles. The van der Waals surface area contributed by atoms with Crippen LogP contribution in [0.1, 0.15) is 45.4 Å². The standard InChI is InChI=1S/C25H26N2O4S/c1-3-31-25(28)24-21-17-27(32(29,30)20-12-9-18(2)10-13-20)16-15-22(21)26-23(24)14-11-19-7-5-4-6-8-19/h4-14,26H,3,15-17H2,1-2H3/b14-11+. The van der Waals surface area contributed by atoms with E-state index in [1.54, 1.807) is 31.2 Å². The Labute approximate surface area is 188 Å². The van der Waals surface area contributed by atoms with Crippen LogP contribution in [-0.4, -0.2) is 36.8 Å². The highest BCUT2D eigenvalue weighted by molar-refractivity contribution is 7.89. The third-order valence-electron chi connectivity index (χ3n) is 5.55. The number of ether oxygens (including phenoxy) is 1. The fourth-order valence-electron chi connectivity index (χ4n) is 3.86. The van der Waals surface area contributed by atoms with Gasteiger partial charge < -0.3 is 9.72 Å². The molecule has 0 bridgehead atoms. The van der Waals surface area contributed by atoms with Gasteiger partial charge >= 0.3 is 5.97 Å². The van der Waals surface area contributed by atoms with Crippen LogP contribution in [0.3, 0.4) is 0 Å². The van der Waals surface area contributed by atoms with Crippen LogP contribution in [0, 0.1) is 6.92 Å². The highest BCUT2D eigenvalue weighted by atomic mass is 32.2. The van der Waals surface area contributed by atoms with Crippen molar-refractivity contribution in [2.75, 3.05) is 13.2 Å². The van der Waals surface area contributed by atoms with Crippen LogP contribution in [0.25, 0.3) is 12.2 Å². The van der Waals surface area contributed by atoms with Gasteiger partial charge in [0.2, 0.25) is 10.0 Å². The monoisotopic (exact) mass is 450 g/mol. The summed E-state index contributed by atoms with van der Waals surface area (Å²) in [7, 11) is -3.67. The molecule has 1 aromatic heterocycles. The summed E-state index contributed by atoms with van der Waals surface area (Å²) in [5.74, 6) is -0.452. The molecule has 1 aliphatic rings. The van der Waals surface area contributed by atoms with Crippen LogP contribution in [0.15, 0.2) is 59.5 Å². The molecule has 7 heteroatoms. The molecule has 0 amide bonds. The van der Waals surface area contributed by atoms with Crippen molar-refractivity contribution in [3.8, 4) is 0 Å². The van der Waals surface area contributed by atoms with Gasteiger partial charge in [0, 0.05) is 30.8 Å². The fraction of sp³-hybridized carbons (Fsp3) is 0.240. The Kier molecular flexibility index (Phi) is 6.30. The Balaban J connectivity index is 1.70. The highest BCUT2D eigenvalue weighted by Crippen LogP contribution is 2.30. The van der Waals surface area contributed by atoms with E-state index >= 15 is 0 Å². The minimum atomic E-state index is -3.67. The molecule has 0 fully saturated rings. The summed E-state index contributed by atoms with van der Waals surface area (Å²) >= 11 is 0. The molecule has 1 N–H and O–H groups in total. The summed E-state index contributed by atoms with van der Waals surface area (Å²) in [6, 6.07) is 16.6. The van der Waals surface area contributed by atoms with Gasteiger partial charge in [0.15, 0.2) is 0 Å². The lowest BCUT2D eigenvalue weighted by Crippen LogP contribution is -2.36. The number of carbonyl (C=O) groups is 1. The van der Waals surface area contributed by atoms with E-state index in [2.05, 4.69) is 4.98 Å². The number of benzene rings is 2. The first-order chi connectivity index (χ1) is 15.4. The second-order valence-electron chi connectivity index (χ2n) is 7.74. The minimum absolute atomic E-state index is 0.120. The molecule has 2 heterocycles. The normalized spacial score (nSPS) is 14.4. The summed E-state index contributed by atoms with van der Waals surface area (Å²) < 4.78 is 33.2. The molecule has 0 spiro atoms. The molecule has 0 atom stereocenters. The zero-order chi connectivity index (χ0) is 22.7. The molecule has 0 unspecified atom stereocenters. The third kappa shape index (κ3) is 4.40. The number of aromatic amines is 1. The molecule has 0 aliphatic carbocycles.